The molecule has 2 rings (SSSR count). The van der Waals surface area contributed by atoms with Crippen molar-refractivity contribution in [2.24, 2.45) is 0 Å². The predicted octanol–water partition coefficient (Wildman–Crippen LogP) is 2.51. The highest BCUT2D eigenvalue weighted by Crippen LogP contribution is 2.29. The number of hydrogen-bond acceptors (Lipinski definition) is 7. The van der Waals surface area contributed by atoms with Crippen LogP contribution in [0.25, 0.3) is 0 Å². The fourth-order valence-corrected chi connectivity index (χ4v) is 2.63. The van der Waals surface area contributed by atoms with Crippen LogP contribution in [0.4, 0.5) is 17.1 Å². The molecule has 30 heavy (non-hydrogen) atoms. The van der Waals surface area contributed by atoms with Crippen LogP contribution in [-0.4, -0.2) is 56.0 Å². The van der Waals surface area contributed by atoms with Gasteiger partial charge in [-0.3, -0.25) is 24.6 Å². The van der Waals surface area contributed by atoms with E-state index >= 15 is 0 Å². The average molecular weight is 416 g/mol. The highest BCUT2D eigenvalue weighted by Gasteiger charge is 2.14. The Morgan fingerprint density at radius 3 is 2.50 bits per heavy atom. The number of nitrogens with one attached hydrogen (secondary N) is 2. The first-order valence-electron chi connectivity index (χ1n) is 9.07. The number of amides is 2. The molecule has 10 heteroatoms. The summed E-state index contributed by atoms with van der Waals surface area (Å²) < 4.78 is 10.2. The maximum Gasteiger partial charge on any atom is 0.273 e. The number of rotatable bonds is 10. The summed E-state index contributed by atoms with van der Waals surface area (Å²) in [6, 6.07) is 11.0. The van der Waals surface area contributed by atoms with Gasteiger partial charge in [0.1, 0.15) is 11.5 Å². The maximum atomic E-state index is 12.2. The summed E-state index contributed by atoms with van der Waals surface area (Å²) in [5, 5.41) is 16.3. The molecule has 0 atom stereocenters. The van der Waals surface area contributed by atoms with Crippen molar-refractivity contribution in [2.45, 2.75) is 6.42 Å². The van der Waals surface area contributed by atoms with Crippen molar-refractivity contribution in [1.82, 2.24) is 4.90 Å². The lowest BCUT2D eigenvalue weighted by molar-refractivity contribution is -0.384. The molecule has 2 aromatic rings. The summed E-state index contributed by atoms with van der Waals surface area (Å²) >= 11 is 0. The molecule has 0 fully saturated rings. The Hall–Kier alpha value is -3.66. The summed E-state index contributed by atoms with van der Waals surface area (Å²) in [4.78, 5) is 36.4. The Kier molecular flexibility index (Phi) is 8.12. The second-order valence-corrected chi connectivity index (χ2v) is 6.46. The van der Waals surface area contributed by atoms with Gasteiger partial charge in [0.25, 0.3) is 5.69 Å². The minimum Gasteiger partial charge on any atom is -0.497 e. The van der Waals surface area contributed by atoms with Crippen molar-refractivity contribution in [3.05, 3.63) is 52.6 Å². The number of hydrogen-bond donors (Lipinski definition) is 2. The Morgan fingerprint density at radius 1 is 1.07 bits per heavy atom. The molecule has 0 saturated heterocycles. The molecule has 0 aliphatic rings. The number of nitro groups is 1. The van der Waals surface area contributed by atoms with E-state index in [2.05, 4.69) is 10.6 Å². The Morgan fingerprint density at radius 2 is 1.83 bits per heavy atom. The Balaban J connectivity index is 1.82. The second-order valence-electron chi connectivity index (χ2n) is 6.46. The molecule has 0 aliphatic heterocycles. The standard InChI is InChI=1S/C20H24N4O6/c1-23(13-20(26)21-14-5-4-6-16(11-14)29-2)10-9-19(25)22-17-8-7-15(24(27)28)12-18(17)30-3/h4-8,11-12H,9-10,13H2,1-3H3,(H,21,26)(H,22,25). The van der Waals surface area contributed by atoms with E-state index in [-0.39, 0.29) is 36.2 Å². The molecule has 10 nitrogen and oxygen atoms in total. The van der Waals surface area contributed by atoms with E-state index in [0.29, 0.717) is 23.7 Å². The molecule has 2 amide bonds. The maximum absolute atomic E-state index is 12.2. The van der Waals surface area contributed by atoms with Crippen molar-refractivity contribution in [1.29, 1.82) is 0 Å². The molecule has 0 aliphatic carbocycles. The van der Waals surface area contributed by atoms with E-state index < -0.39 is 4.92 Å². The fraction of sp³-hybridized carbons (Fsp3) is 0.300. The van der Waals surface area contributed by atoms with Crippen LogP contribution in [0.15, 0.2) is 42.5 Å². The number of likely N-dealkylation sites (N-methyl/N-ethyl adjacent to an activating group) is 1. The van der Waals surface area contributed by atoms with Crippen molar-refractivity contribution < 1.29 is 24.0 Å². The largest absolute Gasteiger partial charge is 0.497 e. The van der Waals surface area contributed by atoms with E-state index in [1.54, 1.807) is 43.3 Å². The third kappa shape index (κ3) is 6.74. The molecule has 0 radical (unpaired) electrons. The first-order valence-corrected chi connectivity index (χ1v) is 9.07. The van der Waals surface area contributed by atoms with Gasteiger partial charge in [0.15, 0.2) is 0 Å². The zero-order valence-electron chi connectivity index (χ0n) is 17.0. The minimum absolute atomic E-state index is 0.103. The molecular weight excluding hydrogens is 392 g/mol. The summed E-state index contributed by atoms with van der Waals surface area (Å²) in [6.07, 6.45) is 0.128. The number of nitro benzene ring substituents is 1. The molecule has 0 heterocycles. The molecule has 0 spiro atoms. The van der Waals surface area contributed by atoms with Crippen LogP contribution >= 0.6 is 0 Å². The smallest absolute Gasteiger partial charge is 0.273 e. The van der Waals surface area contributed by atoms with Gasteiger partial charge in [0.05, 0.1) is 37.4 Å². The van der Waals surface area contributed by atoms with Crippen LogP contribution in [0.1, 0.15) is 6.42 Å². The lowest BCUT2D eigenvalue weighted by Crippen LogP contribution is -2.32. The Bertz CT molecular complexity index is 918. The molecular formula is C20H24N4O6. The topological polar surface area (TPSA) is 123 Å². The zero-order chi connectivity index (χ0) is 22.1. The highest BCUT2D eigenvalue weighted by molar-refractivity contribution is 5.93. The molecule has 2 N–H and O–H groups in total. The molecule has 0 unspecified atom stereocenters. The highest BCUT2D eigenvalue weighted by atomic mass is 16.6. The predicted molar refractivity (Wildman–Crippen MR) is 112 cm³/mol. The number of ether oxygens (including phenoxy) is 2. The van der Waals surface area contributed by atoms with E-state index in [1.165, 1.54) is 25.3 Å². The number of non-ortho nitro benzene ring substituents is 1. The molecule has 160 valence electrons. The van der Waals surface area contributed by atoms with Crippen LogP contribution < -0.4 is 20.1 Å². The lowest BCUT2D eigenvalue weighted by Gasteiger charge is -2.16. The number of benzene rings is 2. The fourth-order valence-electron chi connectivity index (χ4n) is 2.63. The summed E-state index contributed by atoms with van der Waals surface area (Å²) in [7, 11) is 4.64. The van der Waals surface area contributed by atoms with Gasteiger partial charge in [-0.1, -0.05) is 6.07 Å². The molecule has 2 aromatic carbocycles. The van der Waals surface area contributed by atoms with Crippen molar-refractivity contribution >= 4 is 28.9 Å². The van der Waals surface area contributed by atoms with E-state index in [0.717, 1.165) is 0 Å². The quantitative estimate of drug-likeness (QED) is 0.451. The van der Waals surface area contributed by atoms with Crippen molar-refractivity contribution in [3.63, 3.8) is 0 Å². The van der Waals surface area contributed by atoms with Gasteiger partial charge < -0.3 is 20.1 Å². The number of nitrogens with zero attached hydrogens (tertiary/aromatic N) is 2. The van der Waals surface area contributed by atoms with Gasteiger partial charge in [-0.25, -0.2) is 0 Å². The molecule has 0 saturated carbocycles. The average Bonchev–Trinajstić information content (AvgIpc) is 2.72. The summed E-state index contributed by atoms with van der Waals surface area (Å²) in [5.74, 6) is 0.313. The van der Waals surface area contributed by atoms with Gasteiger partial charge in [0, 0.05) is 30.8 Å². The van der Waals surface area contributed by atoms with Crippen molar-refractivity contribution in [2.75, 3.05) is 45.0 Å². The zero-order valence-corrected chi connectivity index (χ0v) is 17.0. The van der Waals surface area contributed by atoms with Crippen LogP contribution in [0.2, 0.25) is 0 Å². The van der Waals surface area contributed by atoms with Crippen LogP contribution in [0, 0.1) is 10.1 Å². The minimum atomic E-state index is -0.542. The Labute approximate surface area is 173 Å². The third-order valence-corrected chi connectivity index (χ3v) is 4.16. The van der Waals surface area contributed by atoms with Gasteiger partial charge in [-0.05, 0) is 25.2 Å². The lowest BCUT2D eigenvalue weighted by atomic mass is 10.2. The van der Waals surface area contributed by atoms with Crippen LogP contribution in [0.3, 0.4) is 0 Å². The second kappa shape index (κ2) is 10.8. The SMILES string of the molecule is COc1cccc(NC(=O)CN(C)CCC(=O)Nc2ccc([N+](=O)[O-])cc2OC)c1. The first-order chi connectivity index (χ1) is 14.3. The van der Waals surface area contributed by atoms with E-state index in [4.69, 9.17) is 9.47 Å². The van der Waals surface area contributed by atoms with Crippen LogP contribution in [0.5, 0.6) is 11.5 Å². The number of anilines is 2. The van der Waals surface area contributed by atoms with E-state index in [9.17, 15) is 19.7 Å². The number of carbonyl (C=O) groups excluding carboxylic acids is 2. The summed E-state index contributed by atoms with van der Waals surface area (Å²) in [5.41, 5.74) is 0.828. The normalized spacial score (nSPS) is 10.4. The van der Waals surface area contributed by atoms with E-state index in [1.807, 2.05) is 0 Å². The van der Waals surface area contributed by atoms with Gasteiger partial charge in [-0.15, -0.1) is 0 Å². The van der Waals surface area contributed by atoms with Gasteiger partial charge in [-0.2, -0.15) is 0 Å². The third-order valence-electron chi connectivity index (χ3n) is 4.16. The van der Waals surface area contributed by atoms with Crippen LogP contribution in [-0.2, 0) is 9.59 Å². The summed E-state index contributed by atoms with van der Waals surface area (Å²) in [6.45, 7) is 0.442. The monoisotopic (exact) mass is 416 g/mol. The first kappa shape index (κ1) is 22.6. The molecule has 0 aromatic heterocycles. The molecule has 0 bridgehead atoms. The number of methoxy groups -OCH3 is 2. The van der Waals surface area contributed by atoms with Gasteiger partial charge in [0.2, 0.25) is 11.8 Å². The number of carbonyl (C=O) groups is 2. The van der Waals surface area contributed by atoms with Gasteiger partial charge >= 0.3 is 0 Å². The van der Waals surface area contributed by atoms with Crippen molar-refractivity contribution in [3.8, 4) is 11.5 Å².